The van der Waals surface area contributed by atoms with Gasteiger partial charge in [-0.3, -0.25) is 4.18 Å². The van der Waals surface area contributed by atoms with E-state index in [4.69, 9.17) is 13.7 Å². The minimum atomic E-state index is -4.84. The second-order valence-electron chi connectivity index (χ2n) is 7.10. The topological polar surface area (TPSA) is 112 Å². The molecular formula is C21H25F3O8S. The van der Waals surface area contributed by atoms with Gasteiger partial charge in [-0.25, -0.2) is 0 Å². The zero-order valence-electron chi connectivity index (χ0n) is 17.9. The molecule has 0 amide bonds. The van der Waals surface area contributed by atoms with Crippen LogP contribution in [-0.2, 0) is 23.8 Å². The van der Waals surface area contributed by atoms with Crippen molar-refractivity contribution in [2.75, 3.05) is 20.5 Å². The van der Waals surface area contributed by atoms with Crippen molar-refractivity contribution >= 4 is 10.1 Å². The third kappa shape index (κ3) is 8.91. The Morgan fingerprint density at radius 3 is 2.12 bits per heavy atom. The molecule has 1 unspecified atom stereocenters. The van der Waals surface area contributed by atoms with Gasteiger partial charge in [0.05, 0.1) is 23.7 Å². The van der Waals surface area contributed by atoms with Gasteiger partial charge >= 0.3 is 6.36 Å². The fourth-order valence-electron chi connectivity index (χ4n) is 2.75. The molecule has 0 spiro atoms. The van der Waals surface area contributed by atoms with Crippen LogP contribution in [0, 0.1) is 6.92 Å². The molecule has 2 aromatic rings. The quantitative estimate of drug-likeness (QED) is 0.342. The average Bonchev–Trinajstić information content (AvgIpc) is 2.74. The molecule has 33 heavy (non-hydrogen) atoms. The van der Waals surface area contributed by atoms with E-state index in [-0.39, 0.29) is 18.1 Å². The van der Waals surface area contributed by atoms with Crippen LogP contribution in [0.25, 0.3) is 0 Å². The van der Waals surface area contributed by atoms with Crippen molar-refractivity contribution in [2.24, 2.45) is 0 Å². The molecule has 2 rings (SSSR count). The van der Waals surface area contributed by atoms with Gasteiger partial charge in [-0.2, -0.15) is 8.42 Å². The molecule has 0 heterocycles. The van der Waals surface area contributed by atoms with Crippen LogP contribution in [0.5, 0.6) is 5.75 Å². The molecule has 0 aliphatic rings. The van der Waals surface area contributed by atoms with Crippen molar-refractivity contribution < 1.29 is 50.2 Å². The number of alkyl halides is 3. The molecule has 12 heteroatoms. The number of rotatable bonds is 12. The Bertz CT molecular complexity index is 962. The van der Waals surface area contributed by atoms with Crippen molar-refractivity contribution in [1.29, 1.82) is 0 Å². The summed E-state index contributed by atoms with van der Waals surface area (Å²) in [5.74, 6) is -0.438. The predicted octanol–water partition coefficient (Wildman–Crippen LogP) is 3.07. The van der Waals surface area contributed by atoms with E-state index in [0.717, 1.165) is 17.7 Å². The molecule has 184 valence electrons. The summed E-state index contributed by atoms with van der Waals surface area (Å²) in [6.45, 7) is 0.871. The Morgan fingerprint density at radius 2 is 1.58 bits per heavy atom. The van der Waals surface area contributed by atoms with Gasteiger partial charge in [0.1, 0.15) is 18.6 Å². The second kappa shape index (κ2) is 11.8. The fourth-order valence-corrected chi connectivity index (χ4v) is 3.68. The summed E-state index contributed by atoms with van der Waals surface area (Å²) in [4.78, 5) is -0.0998. The Morgan fingerprint density at radius 1 is 0.970 bits per heavy atom. The maximum Gasteiger partial charge on any atom is 0.573 e. The van der Waals surface area contributed by atoms with Gasteiger partial charge in [-0.1, -0.05) is 29.8 Å². The van der Waals surface area contributed by atoms with E-state index in [0.29, 0.717) is 5.56 Å². The van der Waals surface area contributed by atoms with Crippen molar-refractivity contribution in [3.8, 4) is 5.75 Å². The number of ether oxygens (including phenoxy) is 3. The van der Waals surface area contributed by atoms with E-state index < -0.39 is 47.1 Å². The normalized spacial score (nSPS) is 15.1. The first-order chi connectivity index (χ1) is 15.4. The molecule has 3 atom stereocenters. The summed E-state index contributed by atoms with van der Waals surface area (Å²) in [7, 11) is -2.79. The van der Waals surface area contributed by atoms with Crippen molar-refractivity contribution in [3.05, 3.63) is 59.7 Å². The summed E-state index contributed by atoms with van der Waals surface area (Å²) in [5, 5.41) is 20.5. The van der Waals surface area contributed by atoms with Crippen molar-refractivity contribution in [3.63, 3.8) is 0 Å². The molecule has 0 bridgehead atoms. The smallest absolute Gasteiger partial charge is 0.406 e. The van der Waals surface area contributed by atoms with Gasteiger partial charge in [0.25, 0.3) is 10.1 Å². The Hall–Kier alpha value is -2.22. The van der Waals surface area contributed by atoms with Crippen molar-refractivity contribution in [2.45, 2.75) is 42.9 Å². The minimum absolute atomic E-state index is 0.0998. The molecule has 0 saturated heterocycles. The molecule has 0 aromatic heterocycles. The SMILES string of the molecule is COCOC(C[C@H](O)[C@@H](O)COS(=O)(=O)c1ccc(C)cc1)c1ccc(OC(F)(F)F)cc1. The summed E-state index contributed by atoms with van der Waals surface area (Å²) in [5.41, 5.74) is 1.23. The first-order valence-electron chi connectivity index (χ1n) is 9.70. The third-order valence-electron chi connectivity index (χ3n) is 4.48. The highest BCUT2D eigenvalue weighted by Gasteiger charge is 2.31. The predicted molar refractivity (Wildman–Crippen MR) is 110 cm³/mol. The number of methoxy groups -OCH3 is 1. The van der Waals surface area contributed by atoms with Crippen LogP contribution >= 0.6 is 0 Å². The maximum absolute atomic E-state index is 12.3. The largest absolute Gasteiger partial charge is 0.573 e. The molecule has 0 aliphatic heterocycles. The zero-order valence-corrected chi connectivity index (χ0v) is 18.7. The molecule has 0 radical (unpaired) electrons. The highest BCUT2D eigenvalue weighted by atomic mass is 32.2. The van der Waals surface area contributed by atoms with Crippen molar-refractivity contribution in [1.82, 2.24) is 0 Å². The Labute approximate surface area is 189 Å². The number of aliphatic hydroxyl groups is 2. The number of hydrogen-bond donors (Lipinski definition) is 2. The van der Waals surface area contributed by atoms with Crippen LogP contribution in [0.4, 0.5) is 13.2 Å². The standard InChI is InChI=1S/C21H25F3O8S/c1-14-3-9-17(10-4-14)33(27,28)31-12-19(26)18(25)11-20(30-13-29-2)15-5-7-16(8-6-15)32-21(22,23)24/h3-10,18-20,25-26H,11-13H2,1-2H3/t18-,19-,20?/m0/s1. The van der Waals surface area contributed by atoms with Gasteiger partial charge in [-0.15, -0.1) is 13.2 Å². The van der Waals surface area contributed by atoms with Crippen LogP contribution < -0.4 is 4.74 Å². The number of hydrogen-bond acceptors (Lipinski definition) is 8. The third-order valence-corrected chi connectivity index (χ3v) is 5.77. The highest BCUT2D eigenvalue weighted by Crippen LogP contribution is 2.28. The summed E-state index contributed by atoms with van der Waals surface area (Å²) in [6, 6.07) is 10.6. The monoisotopic (exact) mass is 494 g/mol. The van der Waals surface area contributed by atoms with Crippen LogP contribution in [0.1, 0.15) is 23.7 Å². The van der Waals surface area contributed by atoms with Gasteiger partial charge in [-0.05, 0) is 36.8 Å². The zero-order chi connectivity index (χ0) is 24.6. The number of aliphatic hydroxyl groups excluding tert-OH is 2. The summed E-state index contributed by atoms with van der Waals surface area (Å²) < 4.78 is 80.4. The summed E-state index contributed by atoms with van der Waals surface area (Å²) >= 11 is 0. The van der Waals surface area contributed by atoms with Crippen LogP contribution in [0.3, 0.4) is 0 Å². The Balaban J connectivity index is 2.01. The highest BCUT2D eigenvalue weighted by molar-refractivity contribution is 7.86. The Kier molecular flexibility index (Phi) is 9.64. The van der Waals surface area contributed by atoms with Gasteiger partial charge in [0.15, 0.2) is 0 Å². The van der Waals surface area contributed by atoms with E-state index in [1.807, 2.05) is 0 Å². The molecule has 0 fully saturated rings. The lowest BCUT2D eigenvalue weighted by molar-refractivity contribution is -0.274. The minimum Gasteiger partial charge on any atom is -0.406 e. The number of halogens is 3. The lowest BCUT2D eigenvalue weighted by atomic mass is 10.0. The first kappa shape index (κ1) is 27.0. The fraction of sp³-hybridized carbons (Fsp3) is 0.429. The summed E-state index contributed by atoms with van der Waals surface area (Å²) in [6.07, 6.45) is -9.02. The molecule has 8 nitrogen and oxygen atoms in total. The number of benzene rings is 2. The lowest BCUT2D eigenvalue weighted by Gasteiger charge is -2.24. The van der Waals surface area contributed by atoms with Gasteiger partial charge in [0.2, 0.25) is 0 Å². The van der Waals surface area contributed by atoms with E-state index in [2.05, 4.69) is 4.74 Å². The second-order valence-corrected chi connectivity index (χ2v) is 8.72. The molecule has 0 saturated carbocycles. The van der Waals surface area contributed by atoms with Crippen LogP contribution in [-0.4, -0.2) is 57.7 Å². The average molecular weight is 494 g/mol. The molecule has 2 aromatic carbocycles. The molecule has 2 N–H and O–H groups in total. The van der Waals surface area contributed by atoms with Crippen LogP contribution in [0.2, 0.25) is 0 Å². The van der Waals surface area contributed by atoms with Crippen LogP contribution in [0.15, 0.2) is 53.4 Å². The van der Waals surface area contributed by atoms with Gasteiger partial charge in [0, 0.05) is 13.5 Å². The van der Waals surface area contributed by atoms with E-state index in [9.17, 15) is 31.8 Å². The number of aryl methyl sites for hydroxylation is 1. The maximum atomic E-state index is 12.3. The van der Waals surface area contributed by atoms with E-state index in [1.54, 1.807) is 19.1 Å². The van der Waals surface area contributed by atoms with Gasteiger partial charge < -0.3 is 24.4 Å². The first-order valence-corrected chi connectivity index (χ1v) is 11.1. The van der Waals surface area contributed by atoms with E-state index in [1.165, 1.54) is 31.4 Å². The molecule has 0 aliphatic carbocycles. The lowest BCUT2D eigenvalue weighted by Crippen LogP contribution is -2.33. The molecular weight excluding hydrogens is 469 g/mol. The van der Waals surface area contributed by atoms with E-state index >= 15 is 0 Å².